The van der Waals surface area contributed by atoms with Crippen LogP contribution in [-0.4, -0.2) is 35.4 Å². The second-order valence-electron chi connectivity index (χ2n) is 7.15. The minimum atomic E-state index is -0.0774. The van der Waals surface area contributed by atoms with E-state index in [1.807, 2.05) is 46.1 Å². The van der Waals surface area contributed by atoms with Crippen LogP contribution in [0.3, 0.4) is 0 Å². The van der Waals surface area contributed by atoms with Gasteiger partial charge in [-0.15, -0.1) is 0 Å². The van der Waals surface area contributed by atoms with Crippen molar-refractivity contribution in [1.29, 1.82) is 0 Å². The predicted octanol–water partition coefficient (Wildman–Crippen LogP) is 3.54. The van der Waals surface area contributed by atoms with Gasteiger partial charge < -0.3 is 9.32 Å². The summed E-state index contributed by atoms with van der Waals surface area (Å²) in [5, 5.41) is 3.87. The Morgan fingerprint density at radius 2 is 2.27 bits per heavy atom. The van der Waals surface area contributed by atoms with Crippen LogP contribution in [0, 0.1) is 0 Å². The number of carbonyl (C=O) groups excluding carboxylic acids is 1. The molecular weight excluding hydrogens is 346 g/mol. The second-order valence-corrected chi connectivity index (χ2v) is 7.93. The van der Waals surface area contributed by atoms with Gasteiger partial charge in [0.1, 0.15) is 0 Å². The summed E-state index contributed by atoms with van der Waals surface area (Å²) in [5.74, 6) is 0.0747. The Bertz CT molecular complexity index is 922. The van der Waals surface area contributed by atoms with E-state index in [9.17, 15) is 4.79 Å². The molecule has 3 aromatic heterocycles. The van der Waals surface area contributed by atoms with Crippen LogP contribution in [0.25, 0.3) is 0 Å². The van der Waals surface area contributed by atoms with Crippen molar-refractivity contribution in [2.24, 2.45) is 0 Å². The molecule has 3 aromatic rings. The zero-order valence-electron chi connectivity index (χ0n) is 14.3. The van der Waals surface area contributed by atoms with E-state index in [0.717, 1.165) is 43.0 Å². The molecule has 5 rings (SSSR count). The first-order valence-corrected chi connectivity index (χ1v) is 9.72. The molecule has 0 radical (unpaired) electrons. The van der Waals surface area contributed by atoms with Gasteiger partial charge in [-0.3, -0.25) is 14.7 Å². The molecule has 1 atom stereocenters. The van der Waals surface area contributed by atoms with E-state index in [1.165, 1.54) is 5.56 Å². The zero-order chi connectivity index (χ0) is 17.6. The van der Waals surface area contributed by atoms with Crippen LogP contribution in [0.5, 0.6) is 0 Å². The Morgan fingerprint density at radius 1 is 1.31 bits per heavy atom. The van der Waals surface area contributed by atoms with Crippen molar-refractivity contribution in [3.8, 4) is 0 Å². The number of fused-ring (bicyclic) bond motifs is 2. The summed E-state index contributed by atoms with van der Waals surface area (Å²) in [6, 6.07) is 7.86. The number of nitrogens with zero attached hydrogens (tertiary/aromatic N) is 3. The Labute approximate surface area is 155 Å². The van der Waals surface area contributed by atoms with Crippen molar-refractivity contribution in [2.75, 3.05) is 24.5 Å². The third-order valence-electron chi connectivity index (χ3n) is 5.47. The molecule has 5 heterocycles. The molecule has 1 saturated heterocycles. The number of hydrogen-bond acceptors (Lipinski definition) is 5. The zero-order valence-corrected chi connectivity index (χ0v) is 15.1. The van der Waals surface area contributed by atoms with Gasteiger partial charge in [-0.05, 0) is 42.6 Å². The van der Waals surface area contributed by atoms with Crippen LogP contribution in [0.4, 0.5) is 5.69 Å². The van der Waals surface area contributed by atoms with E-state index in [2.05, 4.69) is 4.90 Å². The highest BCUT2D eigenvalue weighted by molar-refractivity contribution is 7.08. The van der Waals surface area contributed by atoms with Gasteiger partial charge >= 0.3 is 0 Å². The smallest absolute Gasteiger partial charge is 0.259 e. The number of thiophene rings is 1. The molecule has 1 fully saturated rings. The number of amides is 1. The topological polar surface area (TPSA) is 49.6 Å². The lowest BCUT2D eigenvalue weighted by atomic mass is 9.85. The number of hydrogen-bond donors (Lipinski definition) is 0. The molecule has 132 valence electrons. The molecule has 0 bridgehead atoms. The fourth-order valence-electron chi connectivity index (χ4n) is 4.27. The lowest BCUT2D eigenvalue weighted by Crippen LogP contribution is -2.39. The van der Waals surface area contributed by atoms with E-state index in [0.29, 0.717) is 6.54 Å². The highest BCUT2D eigenvalue weighted by Crippen LogP contribution is 2.45. The molecule has 0 saturated carbocycles. The normalized spacial score (nSPS) is 22.2. The average molecular weight is 365 g/mol. The third-order valence-corrected chi connectivity index (χ3v) is 6.16. The highest BCUT2D eigenvalue weighted by Gasteiger charge is 2.49. The summed E-state index contributed by atoms with van der Waals surface area (Å²) in [4.78, 5) is 22.1. The van der Waals surface area contributed by atoms with Crippen molar-refractivity contribution < 1.29 is 9.21 Å². The van der Waals surface area contributed by atoms with E-state index in [-0.39, 0.29) is 11.3 Å². The van der Waals surface area contributed by atoms with Crippen molar-refractivity contribution in [1.82, 2.24) is 9.88 Å². The molecular formula is C20H19N3O2S. The van der Waals surface area contributed by atoms with Gasteiger partial charge in [0.2, 0.25) is 0 Å². The fourth-order valence-corrected chi connectivity index (χ4v) is 4.90. The van der Waals surface area contributed by atoms with Gasteiger partial charge in [-0.2, -0.15) is 11.3 Å². The maximum Gasteiger partial charge on any atom is 0.259 e. The number of furan rings is 1. The SMILES string of the molecule is O=C(c1ccsc1)N1CC2(CCN(Cc3ccoc3)C2)c2ncccc21. The number of anilines is 1. The second kappa shape index (κ2) is 6.07. The third kappa shape index (κ3) is 2.48. The van der Waals surface area contributed by atoms with Gasteiger partial charge in [0.15, 0.2) is 0 Å². The van der Waals surface area contributed by atoms with Crippen LogP contribution >= 0.6 is 11.3 Å². The first-order chi connectivity index (χ1) is 12.8. The molecule has 1 spiro atoms. The van der Waals surface area contributed by atoms with Gasteiger partial charge in [-0.25, -0.2) is 0 Å². The molecule has 0 N–H and O–H groups in total. The van der Waals surface area contributed by atoms with E-state index < -0.39 is 0 Å². The molecule has 6 heteroatoms. The summed E-state index contributed by atoms with van der Waals surface area (Å²) >= 11 is 1.55. The first-order valence-electron chi connectivity index (χ1n) is 8.78. The highest BCUT2D eigenvalue weighted by atomic mass is 32.1. The number of likely N-dealkylation sites (tertiary alicyclic amines) is 1. The summed E-state index contributed by atoms with van der Waals surface area (Å²) in [6.07, 6.45) is 6.38. The fraction of sp³-hybridized carbons (Fsp3) is 0.300. The molecule has 5 nitrogen and oxygen atoms in total. The van der Waals surface area contributed by atoms with Crippen molar-refractivity contribution in [2.45, 2.75) is 18.4 Å². The number of carbonyl (C=O) groups is 1. The largest absolute Gasteiger partial charge is 0.472 e. The van der Waals surface area contributed by atoms with E-state index >= 15 is 0 Å². The molecule has 26 heavy (non-hydrogen) atoms. The van der Waals surface area contributed by atoms with Gasteiger partial charge in [0.25, 0.3) is 5.91 Å². The Hall–Kier alpha value is -2.44. The summed E-state index contributed by atoms with van der Waals surface area (Å²) in [7, 11) is 0. The quantitative estimate of drug-likeness (QED) is 0.712. The van der Waals surface area contributed by atoms with Gasteiger partial charge in [-0.1, -0.05) is 0 Å². The van der Waals surface area contributed by atoms with Crippen LogP contribution in [0.15, 0.2) is 58.2 Å². The summed E-state index contributed by atoms with van der Waals surface area (Å²) in [5.41, 5.74) is 3.90. The molecule has 2 aliphatic rings. The summed E-state index contributed by atoms with van der Waals surface area (Å²) in [6.45, 7) is 3.49. The van der Waals surface area contributed by atoms with Crippen LogP contribution < -0.4 is 4.90 Å². The Morgan fingerprint density at radius 3 is 3.08 bits per heavy atom. The van der Waals surface area contributed by atoms with E-state index in [4.69, 9.17) is 9.40 Å². The number of rotatable bonds is 3. The molecule has 1 unspecified atom stereocenters. The van der Waals surface area contributed by atoms with Crippen LogP contribution in [0.2, 0.25) is 0 Å². The minimum absolute atomic E-state index is 0.0747. The van der Waals surface area contributed by atoms with Crippen molar-refractivity contribution in [3.05, 3.63) is 70.6 Å². The van der Waals surface area contributed by atoms with Crippen molar-refractivity contribution in [3.63, 3.8) is 0 Å². The maximum atomic E-state index is 13.0. The van der Waals surface area contributed by atoms with Gasteiger partial charge in [0, 0.05) is 42.2 Å². The van der Waals surface area contributed by atoms with E-state index in [1.54, 1.807) is 23.9 Å². The van der Waals surface area contributed by atoms with Gasteiger partial charge in [0.05, 0.1) is 29.5 Å². The van der Waals surface area contributed by atoms with Crippen LogP contribution in [0.1, 0.15) is 28.0 Å². The lowest BCUT2D eigenvalue weighted by molar-refractivity contribution is 0.0985. The molecule has 0 aromatic carbocycles. The lowest BCUT2D eigenvalue weighted by Gasteiger charge is -2.25. The number of pyridine rings is 1. The Kier molecular flexibility index (Phi) is 3.69. The average Bonchev–Trinajstić information content (AvgIpc) is 3.44. The standard InChI is InChI=1S/C20H19N3O2S/c24-19(16-4-9-26-12-16)23-14-20(18-17(23)2-1-6-21-18)5-7-22(13-20)10-15-3-8-25-11-15/h1-4,6,8-9,11-12H,5,7,10,13-14H2. The van der Waals surface area contributed by atoms with Crippen LogP contribution in [-0.2, 0) is 12.0 Å². The molecule has 1 amide bonds. The number of aromatic nitrogens is 1. The minimum Gasteiger partial charge on any atom is -0.472 e. The first kappa shape index (κ1) is 15.8. The molecule has 2 aliphatic heterocycles. The Balaban J connectivity index is 1.44. The van der Waals surface area contributed by atoms with Crippen molar-refractivity contribution >= 4 is 22.9 Å². The predicted molar refractivity (Wildman–Crippen MR) is 101 cm³/mol. The monoisotopic (exact) mass is 365 g/mol. The maximum absolute atomic E-state index is 13.0. The molecule has 0 aliphatic carbocycles. The summed E-state index contributed by atoms with van der Waals surface area (Å²) < 4.78 is 5.20.